The average Bonchev–Trinajstić information content (AvgIpc) is 3.34. The summed E-state index contributed by atoms with van der Waals surface area (Å²) < 4.78 is 27.4. The van der Waals surface area contributed by atoms with E-state index >= 15 is 0 Å². The zero-order valence-corrected chi connectivity index (χ0v) is 16.6. The summed E-state index contributed by atoms with van der Waals surface area (Å²) in [5.41, 5.74) is 3.18. The topological polar surface area (TPSA) is 99.2 Å². The van der Waals surface area contributed by atoms with Crippen LogP contribution in [0.5, 0.6) is 0 Å². The molecule has 27 heavy (non-hydrogen) atoms. The first kappa shape index (κ1) is 18.6. The molecular weight excluding hydrogens is 408 g/mol. The SMILES string of the molecule is O=S(=O)(c1cc(-c2ncc(-c3cncs3)[nH]2)ccc1Cl)N1CCC(O)CC1. The van der Waals surface area contributed by atoms with Crippen molar-refractivity contribution in [2.75, 3.05) is 13.1 Å². The molecule has 0 amide bonds. The van der Waals surface area contributed by atoms with Gasteiger partial charge in [0.25, 0.3) is 0 Å². The number of aliphatic hydroxyl groups is 1. The van der Waals surface area contributed by atoms with Gasteiger partial charge >= 0.3 is 0 Å². The van der Waals surface area contributed by atoms with Gasteiger partial charge in [0.2, 0.25) is 10.0 Å². The van der Waals surface area contributed by atoms with E-state index in [9.17, 15) is 13.5 Å². The fourth-order valence-electron chi connectivity index (χ4n) is 3.01. The van der Waals surface area contributed by atoms with Crippen LogP contribution in [-0.2, 0) is 10.0 Å². The number of nitrogens with one attached hydrogen (secondary N) is 1. The Bertz CT molecular complexity index is 1040. The Morgan fingerprint density at radius 3 is 2.74 bits per heavy atom. The molecule has 1 aromatic carbocycles. The Morgan fingerprint density at radius 2 is 2.04 bits per heavy atom. The lowest BCUT2D eigenvalue weighted by atomic mass is 10.1. The van der Waals surface area contributed by atoms with Gasteiger partial charge in [0.15, 0.2) is 0 Å². The van der Waals surface area contributed by atoms with Crippen LogP contribution in [0.25, 0.3) is 22.0 Å². The first-order chi connectivity index (χ1) is 12.9. The van der Waals surface area contributed by atoms with Gasteiger partial charge in [-0.15, -0.1) is 11.3 Å². The zero-order chi connectivity index (χ0) is 19.0. The van der Waals surface area contributed by atoms with E-state index in [1.54, 1.807) is 30.0 Å². The maximum atomic E-state index is 13.0. The maximum absolute atomic E-state index is 13.0. The van der Waals surface area contributed by atoms with Crippen molar-refractivity contribution in [3.8, 4) is 22.0 Å². The summed E-state index contributed by atoms with van der Waals surface area (Å²) in [5, 5.41) is 9.79. The lowest BCUT2D eigenvalue weighted by Crippen LogP contribution is -2.40. The van der Waals surface area contributed by atoms with Crippen molar-refractivity contribution in [3.05, 3.63) is 41.1 Å². The first-order valence-corrected chi connectivity index (χ1v) is 11.1. The van der Waals surface area contributed by atoms with Crippen molar-refractivity contribution in [2.24, 2.45) is 0 Å². The minimum absolute atomic E-state index is 0.0498. The standard InChI is InChI=1S/C17H17ClN4O3S2/c18-13-2-1-11(17-20-8-14(21-17)15-9-19-10-26-15)7-16(13)27(24,25)22-5-3-12(23)4-6-22/h1-2,7-10,12,23H,3-6H2,(H,20,21). The van der Waals surface area contributed by atoms with Crippen LogP contribution in [0.4, 0.5) is 0 Å². The van der Waals surface area contributed by atoms with Crippen LogP contribution < -0.4 is 0 Å². The van der Waals surface area contributed by atoms with E-state index in [4.69, 9.17) is 11.6 Å². The highest BCUT2D eigenvalue weighted by molar-refractivity contribution is 7.89. The van der Waals surface area contributed by atoms with Gasteiger partial charge < -0.3 is 10.1 Å². The Labute approximate surface area is 165 Å². The number of aliphatic hydroxyl groups excluding tert-OH is 1. The molecule has 0 spiro atoms. The summed E-state index contributed by atoms with van der Waals surface area (Å²) in [6, 6.07) is 4.84. The second-order valence-electron chi connectivity index (χ2n) is 6.29. The van der Waals surface area contributed by atoms with Gasteiger partial charge in [-0.2, -0.15) is 4.31 Å². The van der Waals surface area contributed by atoms with Gasteiger partial charge in [-0.25, -0.2) is 13.4 Å². The molecule has 3 heterocycles. The van der Waals surface area contributed by atoms with Crippen LogP contribution in [0.15, 0.2) is 41.0 Å². The number of halogens is 1. The van der Waals surface area contributed by atoms with Crippen LogP contribution in [-0.4, -0.2) is 52.0 Å². The highest BCUT2D eigenvalue weighted by Gasteiger charge is 2.30. The van der Waals surface area contributed by atoms with E-state index < -0.39 is 16.1 Å². The number of rotatable bonds is 4. The Morgan fingerprint density at radius 1 is 1.26 bits per heavy atom. The van der Waals surface area contributed by atoms with Crippen LogP contribution in [0.1, 0.15) is 12.8 Å². The summed E-state index contributed by atoms with van der Waals surface area (Å²) in [6.07, 6.45) is 3.83. The van der Waals surface area contributed by atoms with E-state index in [-0.39, 0.29) is 23.0 Å². The van der Waals surface area contributed by atoms with Crippen molar-refractivity contribution >= 4 is 33.0 Å². The molecule has 7 nitrogen and oxygen atoms in total. The second-order valence-corrected chi connectivity index (χ2v) is 9.49. The quantitative estimate of drug-likeness (QED) is 0.670. The van der Waals surface area contributed by atoms with Crippen molar-refractivity contribution in [1.82, 2.24) is 19.3 Å². The van der Waals surface area contributed by atoms with Gasteiger partial charge in [0.05, 0.1) is 33.4 Å². The van der Waals surface area contributed by atoms with Gasteiger partial charge in [-0.05, 0) is 31.0 Å². The summed E-state index contributed by atoms with van der Waals surface area (Å²) in [4.78, 5) is 12.6. The lowest BCUT2D eigenvalue weighted by molar-refractivity contribution is 0.113. The zero-order valence-electron chi connectivity index (χ0n) is 14.2. The van der Waals surface area contributed by atoms with Gasteiger partial charge in [-0.3, -0.25) is 4.98 Å². The molecule has 10 heteroatoms. The number of aromatic nitrogens is 3. The molecule has 3 aromatic rings. The third kappa shape index (κ3) is 3.65. The fraction of sp³-hybridized carbons (Fsp3) is 0.294. The molecule has 0 radical (unpaired) electrons. The van der Waals surface area contributed by atoms with Crippen molar-refractivity contribution in [2.45, 2.75) is 23.8 Å². The predicted octanol–water partition coefficient (Wildman–Crippen LogP) is 3.00. The molecule has 1 aliphatic rings. The molecule has 142 valence electrons. The van der Waals surface area contributed by atoms with E-state index in [0.29, 0.717) is 24.2 Å². The largest absolute Gasteiger partial charge is 0.393 e. The minimum atomic E-state index is -3.74. The molecule has 0 aliphatic carbocycles. The monoisotopic (exact) mass is 424 g/mol. The molecule has 1 saturated heterocycles. The molecule has 0 atom stereocenters. The number of piperidine rings is 1. The Balaban J connectivity index is 1.68. The molecule has 0 saturated carbocycles. The van der Waals surface area contributed by atoms with Crippen LogP contribution >= 0.6 is 22.9 Å². The number of nitrogens with zero attached hydrogens (tertiary/aromatic N) is 3. The summed E-state index contributed by atoms with van der Waals surface area (Å²) in [6.45, 7) is 0.556. The first-order valence-electron chi connectivity index (χ1n) is 8.37. The average molecular weight is 425 g/mol. The molecule has 4 rings (SSSR count). The number of aromatic amines is 1. The summed E-state index contributed by atoms with van der Waals surface area (Å²) in [5.74, 6) is 0.556. The normalized spacial score (nSPS) is 16.7. The second kappa shape index (κ2) is 7.33. The molecule has 2 aromatic heterocycles. The van der Waals surface area contributed by atoms with Gasteiger partial charge in [-0.1, -0.05) is 11.6 Å². The Kier molecular flexibility index (Phi) is 5.04. The van der Waals surface area contributed by atoms with Crippen LogP contribution in [0, 0.1) is 0 Å². The number of hydrogen-bond donors (Lipinski definition) is 2. The molecular formula is C17H17ClN4O3S2. The maximum Gasteiger partial charge on any atom is 0.244 e. The summed E-state index contributed by atoms with van der Waals surface area (Å²) >= 11 is 7.70. The van der Waals surface area contributed by atoms with Crippen molar-refractivity contribution in [1.29, 1.82) is 0 Å². The number of hydrogen-bond acceptors (Lipinski definition) is 6. The van der Waals surface area contributed by atoms with E-state index in [1.165, 1.54) is 21.7 Å². The summed E-state index contributed by atoms with van der Waals surface area (Å²) in [7, 11) is -3.74. The smallest absolute Gasteiger partial charge is 0.244 e. The third-order valence-electron chi connectivity index (χ3n) is 4.52. The van der Waals surface area contributed by atoms with Crippen molar-refractivity contribution in [3.63, 3.8) is 0 Å². The Hall–Kier alpha value is -1.78. The van der Waals surface area contributed by atoms with E-state index in [0.717, 1.165) is 10.6 Å². The van der Waals surface area contributed by atoms with E-state index in [1.807, 2.05) is 0 Å². The van der Waals surface area contributed by atoms with Gasteiger partial charge in [0.1, 0.15) is 10.7 Å². The highest BCUT2D eigenvalue weighted by atomic mass is 35.5. The van der Waals surface area contributed by atoms with Crippen molar-refractivity contribution < 1.29 is 13.5 Å². The minimum Gasteiger partial charge on any atom is -0.393 e. The van der Waals surface area contributed by atoms with Crippen LogP contribution in [0.2, 0.25) is 5.02 Å². The molecule has 1 aliphatic heterocycles. The van der Waals surface area contributed by atoms with Crippen LogP contribution in [0.3, 0.4) is 0 Å². The number of sulfonamides is 1. The predicted molar refractivity (Wildman–Crippen MR) is 104 cm³/mol. The third-order valence-corrected chi connectivity index (χ3v) is 7.71. The molecule has 0 unspecified atom stereocenters. The number of thiazole rings is 1. The number of imidazole rings is 1. The number of benzene rings is 1. The molecule has 2 N–H and O–H groups in total. The van der Waals surface area contributed by atoms with Gasteiger partial charge in [0, 0.05) is 24.8 Å². The molecule has 0 bridgehead atoms. The molecule has 1 fully saturated rings. The fourth-order valence-corrected chi connectivity index (χ4v) is 5.57. The highest BCUT2D eigenvalue weighted by Crippen LogP contribution is 2.31. The lowest BCUT2D eigenvalue weighted by Gasteiger charge is -2.29. The number of H-pyrrole nitrogens is 1. The van der Waals surface area contributed by atoms with E-state index in [2.05, 4.69) is 15.0 Å².